The molecule has 0 aliphatic carbocycles. The molecule has 3 nitrogen and oxygen atoms in total. The van der Waals surface area contributed by atoms with Crippen molar-refractivity contribution in [3.8, 4) is 0 Å². The molecule has 1 aliphatic heterocycles. The van der Waals surface area contributed by atoms with Crippen molar-refractivity contribution in [3.63, 3.8) is 0 Å². The van der Waals surface area contributed by atoms with Gasteiger partial charge < -0.3 is 10.6 Å². The molecule has 1 heterocycles. The van der Waals surface area contributed by atoms with E-state index in [2.05, 4.69) is 0 Å². The molecule has 5 heteroatoms. The van der Waals surface area contributed by atoms with Crippen molar-refractivity contribution in [2.24, 2.45) is 5.73 Å². The van der Waals surface area contributed by atoms with Gasteiger partial charge in [-0.3, -0.25) is 4.79 Å². The summed E-state index contributed by atoms with van der Waals surface area (Å²) in [6.07, 6.45) is 1.65. The SMILES string of the molecule is N[C@H]1CCCN(C(=O)Cc2cc(F)ccc2F)C1. The van der Waals surface area contributed by atoms with E-state index in [0.29, 0.717) is 13.1 Å². The van der Waals surface area contributed by atoms with Gasteiger partial charge in [0.15, 0.2) is 0 Å². The second kappa shape index (κ2) is 5.44. The monoisotopic (exact) mass is 254 g/mol. The number of carbonyl (C=O) groups is 1. The molecular weight excluding hydrogens is 238 g/mol. The van der Waals surface area contributed by atoms with Gasteiger partial charge in [0.25, 0.3) is 0 Å². The van der Waals surface area contributed by atoms with Gasteiger partial charge in [0.05, 0.1) is 6.42 Å². The Bertz CT molecular complexity index is 451. The molecule has 1 saturated heterocycles. The molecule has 2 rings (SSSR count). The molecule has 0 spiro atoms. The van der Waals surface area contributed by atoms with Gasteiger partial charge >= 0.3 is 0 Å². The van der Waals surface area contributed by atoms with Crippen molar-refractivity contribution < 1.29 is 13.6 Å². The van der Waals surface area contributed by atoms with Crippen LogP contribution in [0.1, 0.15) is 18.4 Å². The predicted molar refractivity (Wildman–Crippen MR) is 63.9 cm³/mol. The van der Waals surface area contributed by atoms with Crippen molar-refractivity contribution in [2.75, 3.05) is 13.1 Å². The number of hydrogen-bond acceptors (Lipinski definition) is 2. The van der Waals surface area contributed by atoms with Gasteiger partial charge in [0.1, 0.15) is 11.6 Å². The quantitative estimate of drug-likeness (QED) is 0.868. The van der Waals surface area contributed by atoms with Crippen LogP contribution < -0.4 is 5.73 Å². The summed E-state index contributed by atoms with van der Waals surface area (Å²) in [6, 6.07) is 3.14. The van der Waals surface area contributed by atoms with Crippen LogP contribution in [-0.2, 0) is 11.2 Å². The van der Waals surface area contributed by atoms with Gasteiger partial charge in [-0.1, -0.05) is 0 Å². The summed E-state index contributed by atoms with van der Waals surface area (Å²) in [7, 11) is 0. The number of piperidine rings is 1. The van der Waals surface area contributed by atoms with E-state index in [9.17, 15) is 13.6 Å². The molecule has 2 N–H and O–H groups in total. The lowest BCUT2D eigenvalue weighted by atomic mass is 10.0. The first-order valence-electron chi connectivity index (χ1n) is 6.03. The Morgan fingerprint density at radius 2 is 2.22 bits per heavy atom. The van der Waals surface area contributed by atoms with Crippen LogP contribution in [0, 0.1) is 11.6 Å². The minimum absolute atomic E-state index is 0.0138. The van der Waals surface area contributed by atoms with E-state index < -0.39 is 11.6 Å². The minimum Gasteiger partial charge on any atom is -0.341 e. The minimum atomic E-state index is -0.550. The average molecular weight is 254 g/mol. The van der Waals surface area contributed by atoms with E-state index in [1.165, 1.54) is 0 Å². The molecule has 18 heavy (non-hydrogen) atoms. The molecule has 1 amide bonds. The number of benzene rings is 1. The number of nitrogens with zero attached hydrogens (tertiary/aromatic N) is 1. The first kappa shape index (κ1) is 13.0. The van der Waals surface area contributed by atoms with Crippen molar-refractivity contribution in [1.82, 2.24) is 4.90 Å². The summed E-state index contributed by atoms with van der Waals surface area (Å²) in [4.78, 5) is 13.6. The summed E-state index contributed by atoms with van der Waals surface area (Å²) in [5.74, 6) is -1.28. The highest BCUT2D eigenvalue weighted by atomic mass is 19.1. The lowest BCUT2D eigenvalue weighted by Gasteiger charge is -2.30. The summed E-state index contributed by atoms with van der Waals surface area (Å²) in [6.45, 7) is 1.14. The third kappa shape index (κ3) is 3.04. The number of likely N-dealkylation sites (tertiary alicyclic amines) is 1. The first-order chi connectivity index (χ1) is 8.56. The second-order valence-electron chi connectivity index (χ2n) is 4.65. The maximum Gasteiger partial charge on any atom is 0.227 e. The number of hydrogen-bond donors (Lipinski definition) is 1. The number of halogens is 2. The van der Waals surface area contributed by atoms with Crippen LogP contribution in [0.2, 0.25) is 0 Å². The highest BCUT2D eigenvalue weighted by molar-refractivity contribution is 5.79. The Hall–Kier alpha value is -1.49. The molecular formula is C13H16F2N2O. The number of amides is 1. The Morgan fingerprint density at radius 3 is 2.94 bits per heavy atom. The van der Waals surface area contributed by atoms with Crippen LogP contribution in [0.4, 0.5) is 8.78 Å². The highest BCUT2D eigenvalue weighted by Crippen LogP contribution is 2.14. The highest BCUT2D eigenvalue weighted by Gasteiger charge is 2.22. The molecule has 98 valence electrons. The van der Waals surface area contributed by atoms with Gasteiger partial charge in [0.2, 0.25) is 5.91 Å². The third-order valence-electron chi connectivity index (χ3n) is 3.16. The van der Waals surface area contributed by atoms with Gasteiger partial charge in [-0.25, -0.2) is 8.78 Å². The zero-order valence-corrected chi connectivity index (χ0v) is 10.0. The zero-order valence-electron chi connectivity index (χ0n) is 10.0. The molecule has 1 fully saturated rings. The normalized spacial score (nSPS) is 19.9. The van der Waals surface area contributed by atoms with Crippen molar-refractivity contribution >= 4 is 5.91 Å². The van der Waals surface area contributed by atoms with Gasteiger partial charge in [-0.05, 0) is 31.0 Å². The fourth-order valence-corrected chi connectivity index (χ4v) is 2.19. The van der Waals surface area contributed by atoms with Crippen LogP contribution in [0.5, 0.6) is 0 Å². The van der Waals surface area contributed by atoms with E-state index in [4.69, 9.17) is 5.73 Å². The fourth-order valence-electron chi connectivity index (χ4n) is 2.19. The lowest BCUT2D eigenvalue weighted by Crippen LogP contribution is -2.46. The standard InChI is InChI=1S/C13H16F2N2O/c14-10-3-4-12(15)9(6-10)7-13(18)17-5-1-2-11(16)8-17/h3-4,6,11H,1-2,5,7-8,16H2/t11-/m0/s1. The second-order valence-corrected chi connectivity index (χ2v) is 4.65. The Kier molecular flexibility index (Phi) is 3.91. The Balaban J connectivity index is 2.04. The molecule has 1 atom stereocenters. The van der Waals surface area contributed by atoms with E-state index in [0.717, 1.165) is 31.0 Å². The van der Waals surface area contributed by atoms with Crippen LogP contribution in [-0.4, -0.2) is 29.9 Å². The van der Waals surface area contributed by atoms with Crippen LogP contribution in [0.15, 0.2) is 18.2 Å². The molecule has 0 saturated carbocycles. The van der Waals surface area contributed by atoms with Crippen LogP contribution >= 0.6 is 0 Å². The van der Waals surface area contributed by atoms with Gasteiger partial charge in [-0.15, -0.1) is 0 Å². The fraction of sp³-hybridized carbons (Fsp3) is 0.462. The molecule has 0 unspecified atom stereocenters. The maximum atomic E-state index is 13.4. The van der Waals surface area contributed by atoms with E-state index in [1.807, 2.05) is 0 Å². The van der Waals surface area contributed by atoms with Crippen molar-refractivity contribution in [1.29, 1.82) is 0 Å². The topological polar surface area (TPSA) is 46.3 Å². The predicted octanol–water partition coefficient (Wildman–Crippen LogP) is 1.46. The smallest absolute Gasteiger partial charge is 0.227 e. The molecule has 1 aromatic carbocycles. The average Bonchev–Trinajstić information content (AvgIpc) is 2.34. The summed E-state index contributed by atoms with van der Waals surface area (Å²) >= 11 is 0. The van der Waals surface area contributed by atoms with Gasteiger partial charge in [0, 0.05) is 24.7 Å². The largest absolute Gasteiger partial charge is 0.341 e. The molecule has 1 aliphatic rings. The summed E-state index contributed by atoms with van der Waals surface area (Å²) in [5.41, 5.74) is 5.88. The van der Waals surface area contributed by atoms with E-state index in [-0.39, 0.29) is 23.9 Å². The number of carbonyl (C=O) groups excluding carboxylic acids is 1. The maximum absolute atomic E-state index is 13.4. The summed E-state index contributed by atoms with van der Waals surface area (Å²) in [5, 5.41) is 0. The number of rotatable bonds is 2. The van der Waals surface area contributed by atoms with E-state index >= 15 is 0 Å². The van der Waals surface area contributed by atoms with Crippen LogP contribution in [0.25, 0.3) is 0 Å². The Morgan fingerprint density at radius 1 is 1.44 bits per heavy atom. The zero-order chi connectivity index (χ0) is 13.1. The molecule has 0 bridgehead atoms. The summed E-state index contributed by atoms with van der Waals surface area (Å²) < 4.78 is 26.4. The lowest BCUT2D eigenvalue weighted by molar-refractivity contribution is -0.131. The third-order valence-corrected chi connectivity index (χ3v) is 3.16. The van der Waals surface area contributed by atoms with Crippen LogP contribution in [0.3, 0.4) is 0 Å². The molecule has 1 aromatic rings. The number of nitrogens with two attached hydrogens (primary N) is 1. The van der Waals surface area contributed by atoms with Crippen molar-refractivity contribution in [2.45, 2.75) is 25.3 Å². The van der Waals surface area contributed by atoms with E-state index in [1.54, 1.807) is 4.90 Å². The first-order valence-corrected chi connectivity index (χ1v) is 6.03. The Labute approximate surface area is 105 Å². The molecule has 0 aromatic heterocycles. The van der Waals surface area contributed by atoms with Gasteiger partial charge in [-0.2, -0.15) is 0 Å². The van der Waals surface area contributed by atoms with Crippen molar-refractivity contribution in [3.05, 3.63) is 35.4 Å². The molecule has 0 radical (unpaired) electrons.